The third kappa shape index (κ3) is 4.77. The second kappa shape index (κ2) is 7.80. The van der Waals surface area contributed by atoms with Crippen LogP contribution in [0.3, 0.4) is 0 Å². The standard InChI is InChI=1S/C17H29N5O3/c1-3-14-18-15(25-19-14)4-5-16(23)22-7-6-17(24,13-22)12-21-10-8-20(2)9-11-21/h24H,3-13H2,1-2H3/t17-/m1/s1. The van der Waals surface area contributed by atoms with Crippen LogP contribution in [-0.2, 0) is 17.6 Å². The molecule has 2 saturated heterocycles. The van der Waals surface area contributed by atoms with Crippen LogP contribution in [-0.4, -0.2) is 94.3 Å². The first kappa shape index (κ1) is 18.3. The Morgan fingerprint density at radius 3 is 2.72 bits per heavy atom. The zero-order valence-corrected chi connectivity index (χ0v) is 15.3. The number of aromatic nitrogens is 2. The summed E-state index contributed by atoms with van der Waals surface area (Å²) in [5, 5.41) is 14.7. The fourth-order valence-corrected chi connectivity index (χ4v) is 3.53. The van der Waals surface area contributed by atoms with E-state index in [-0.39, 0.29) is 5.91 Å². The van der Waals surface area contributed by atoms with Gasteiger partial charge < -0.3 is 19.4 Å². The summed E-state index contributed by atoms with van der Waals surface area (Å²) < 4.78 is 5.13. The first-order valence-electron chi connectivity index (χ1n) is 9.20. The highest BCUT2D eigenvalue weighted by molar-refractivity contribution is 5.76. The third-order valence-corrected chi connectivity index (χ3v) is 5.18. The number of aliphatic hydroxyl groups is 1. The summed E-state index contributed by atoms with van der Waals surface area (Å²) in [4.78, 5) is 23.0. The van der Waals surface area contributed by atoms with Crippen LogP contribution in [0.4, 0.5) is 0 Å². The minimum absolute atomic E-state index is 0.0468. The summed E-state index contributed by atoms with van der Waals surface area (Å²) in [6, 6.07) is 0. The number of hydrogen-bond donors (Lipinski definition) is 1. The van der Waals surface area contributed by atoms with Gasteiger partial charge in [0.25, 0.3) is 0 Å². The first-order chi connectivity index (χ1) is 12.0. The molecule has 0 spiro atoms. The van der Waals surface area contributed by atoms with Crippen molar-refractivity contribution in [2.45, 2.75) is 38.2 Å². The molecule has 3 heterocycles. The number of carbonyl (C=O) groups is 1. The van der Waals surface area contributed by atoms with Gasteiger partial charge in [-0.15, -0.1) is 0 Å². The molecule has 0 aliphatic carbocycles. The number of rotatable bonds is 6. The van der Waals surface area contributed by atoms with Crippen molar-refractivity contribution < 1.29 is 14.4 Å². The van der Waals surface area contributed by atoms with E-state index in [0.29, 0.717) is 50.6 Å². The molecule has 3 rings (SSSR count). The van der Waals surface area contributed by atoms with Gasteiger partial charge in [-0.05, 0) is 13.5 Å². The summed E-state index contributed by atoms with van der Waals surface area (Å²) in [6.45, 7) is 7.66. The Balaban J connectivity index is 1.45. The zero-order chi connectivity index (χ0) is 17.9. The summed E-state index contributed by atoms with van der Waals surface area (Å²) in [6.07, 6.45) is 2.17. The van der Waals surface area contributed by atoms with Crippen molar-refractivity contribution in [1.82, 2.24) is 24.8 Å². The van der Waals surface area contributed by atoms with Crippen LogP contribution < -0.4 is 0 Å². The first-order valence-corrected chi connectivity index (χ1v) is 9.20. The number of amides is 1. The molecule has 1 amide bonds. The molecule has 0 bridgehead atoms. The van der Waals surface area contributed by atoms with Crippen molar-refractivity contribution in [2.24, 2.45) is 0 Å². The number of nitrogens with zero attached hydrogens (tertiary/aromatic N) is 5. The molecule has 0 unspecified atom stereocenters. The van der Waals surface area contributed by atoms with Gasteiger partial charge in [0.05, 0.1) is 12.1 Å². The van der Waals surface area contributed by atoms with E-state index in [9.17, 15) is 9.90 Å². The van der Waals surface area contributed by atoms with Gasteiger partial charge in [-0.25, -0.2) is 0 Å². The minimum Gasteiger partial charge on any atom is -0.387 e. The van der Waals surface area contributed by atoms with Crippen LogP contribution in [0.2, 0.25) is 0 Å². The number of likely N-dealkylation sites (tertiary alicyclic amines) is 1. The van der Waals surface area contributed by atoms with Crippen LogP contribution in [0.25, 0.3) is 0 Å². The number of hydrogen-bond acceptors (Lipinski definition) is 7. The van der Waals surface area contributed by atoms with E-state index in [2.05, 4.69) is 27.0 Å². The van der Waals surface area contributed by atoms with E-state index in [1.165, 1.54) is 0 Å². The Morgan fingerprint density at radius 1 is 1.28 bits per heavy atom. The van der Waals surface area contributed by atoms with Crippen molar-refractivity contribution in [3.8, 4) is 0 Å². The van der Waals surface area contributed by atoms with E-state index < -0.39 is 5.60 Å². The second-order valence-electron chi connectivity index (χ2n) is 7.33. The Bertz CT molecular complexity index is 585. The maximum atomic E-state index is 12.4. The van der Waals surface area contributed by atoms with Crippen LogP contribution in [0, 0.1) is 0 Å². The summed E-state index contributed by atoms with van der Waals surface area (Å²) >= 11 is 0. The summed E-state index contributed by atoms with van der Waals surface area (Å²) in [7, 11) is 2.12. The topological polar surface area (TPSA) is 85.9 Å². The van der Waals surface area contributed by atoms with E-state index >= 15 is 0 Å². The fourth-order valence-electron chi connectivity index (χ4n) is 3.53. The number of β-amino-alcohol motifs (C(OH)–C–C–N with tert-alkyl or cyclic N) is 1. The van der Waals surface area contributed by atoms with E-state index in [4.69, 9.17) is 4.52 Å². The van der Waals surface area contributed by atoms with E-state index in [1.54, 1.807) is 4.90 Å². The molecule has 8 nitrogen and oxygen atoms in total. The normalized spacial score (nSPS) is 25.6. The van der Waals surface area contributed by atoms with Gasteiger partial charge in [0.1, 0.15) is 0 Å². The quantitative estimate of drug-likeness (QED) is 0.758. The number of likely N-dealkylation sites (N-methyl/N-ethyl adjacent to an activating group) is 1. The molecule has 2 fully saturated rings. The van der Waals surface area contributed by atoms with Gasteiger partial charge in [-0.1, -0.05) is 12.1 Å². The van der Waals surface area contributed by atoms with Crippen molar-refractivity contribution in [1.29, 1.82) is 0 Å². The van der Waals surface area contributed by atoms with Gasteiger partial charge >= 0.3 is 0 Å². The summed E-state index contributed by atoms with van der Waals surface area (Å²) in [5.41, 5.74) is -0.786. The Morgan fingerprint density at radius 2 is 2.04 bits per heavy atom. The molecule has 140 valence electrons. The minimum atomic E-state index is -0.786. The fraction of sp³-hybridized carbons (Fsp3) is 0.824. The molecule has 0 radical (unpaired) electrons. The largest absolute Gasteiger partial charge is 0.387 e. The predicted octanol–water partition coefficient (Wildman–Crippen LogP) is -0.225. The zero-order valence-electron chi connectivity index (χ0n) is 15.3. The van der Waals surface area contributed by atoms with Crippen LogP contribution in [0.5, 0.6) is 0 Å². The lowest BCUT2D eigenvalue weighted by Gasteiger charge is -2.36. The van der Waals surface area contributed by atoms with E-state index in [0.717, 1.165) is 32.6 Å². The molecule has 25 heavy (non-hydrogen) atoms. The molecule has 1 N–H and O–H groups in total. The molecule has 0 aromatic carbocycles. The smallest absolute Gasteiger partial charge is 0.227 e. The third-order valence-electron chi connectivity index (χ3n) is 5.18. The maximum absolute atomic E-state index is 12.4. The van der Waals surface area contributed by atoms with Crippen LogP contribution in [0.15, 0.2) is 4.52 Å². The SMILES string of the molecule is CCc1noc(CCC(=O)N2CC[C@@](O)(CN3CCN(C)CC3)C2)n1. The average molecular weight is 351 g/mol. The number of piperazine rings is 1. The molecular formula is C17H29N5O3. The highest BCUT2D eigenvalue weighted by atomic mass is 16.5. The molecular weight excluding hydrogens is 322 g/mol. The number of aryl methyl sites for hydroxylation is 2. The lowest BCUT2D eigenvalue weighted by molar-refractivity contribution is -0.131. The van der Waals surface area contributed by atoms with Gasteiger partial charge in [-0.2, -0.15) is 4.98 Å². The molecule has 2 aliphatic rings. The van der Waals surface area contributed by atoms with E-state index in [1.807, 2.05) is 6.92 Å². The molecule has 8 heteroatoms. The van der Waals surface area contributed by atoms with Crippen molar-refractivity contribution in [2.75, 3.05) is 52.9 Å². The highest BCUT2D eigenvalue weighted by Gasteiger charge is 2.39. The van der Waals surface area contributed by atoms with Crippen molar-refractivity contribution >= 4 is 5.91 Å². The maximum Gasteiger partial charge on any atom is 0.227 e. The van der Waals surface area contributed by atoms with Gasteiger partial charge in [0.15, 0.2) is 5.82 Å². The lowest BCUT2D eigenvalue weighted by Crippen LogP contribution is -2.52. The van der Waals surface area contributed by atoms with Gasteiger partial charge in [0.2, 0.25) is 11.8 Å². The van der Waals surface area contributed by atoms with Crippen molar-refractivity contribution in [3.05, 3.63) is 11.7 Å². The molecule has 0 saturated carbocycles. The Kier molecular flexibility index (Phi) is 5.71. The van der Waals surface area contributed by atoms with Crippen LogP contribution in [0.1, 0.15) is 31.5 Å². The second-order valence-corrected chi connectivity index (χ2v) is 7.33. The number of carbonyl (C=O) groups excluding carboxylic acids is 1. The molecule has 1 aromatic heterocycles. The molecule has 1 aromatic rings. The Hall–Kier alpha value is -1.51. The van der Waals surface area contributed by atoms with Gasteiger partial charge in [-0.3, -0.25) is 9.69 Å². The molecule has 1 atom stereocenters. The molecule has 2 aliphatic heterocycles. The Labute approximate surface area is 148 Å². The summed E-state index contributed by atoms with van der Waals surface area (Å²) in [5.74, 6) is 1.23. The highest BCUT2D eigenvalue weighted by Crippen LogP contribution is 2.24. The lowest BCUT2D eigenvalue weighted by atomic mass is 10.0. The predicted molar refractivity (Wildman–Crippen MR) is 92.1 cm³/mol. The average Bonchev–Trinajstić information content (AvgIpc) is 3.22. The monoisotopic (exact) mass is 351 g/mol. The van der Waals surface area contributed by atoms with Crippen molar-refractivity contribution in [3.63, 3.8) is 0 Å². The van der Waals surface area contributed by atoms with Gasteiger partial charge in [0, 0.05) is 58.5 Å². The van der Waals surface area contributed by atoms with Crippen LogP contribution >= 0.6 is 0 Å².